The molecule has 2 amide bonds. The summed E-state index contributed by atoms with van der Waals surface area (Å²) in [5, 5.41) is 9.36. The molecule has 0 spiro atoms. The van der Waals surface area contributed by atoms with Gasteiger partial charge < -0.3 is 15.5 Å². The highest BCUT2D eigenvalue weighted by Gasteiger charge is 2.28. The summed E-state index contributed by atoms with van der Waals surface area (Å²) in [5.41, 5.74) is 6.14. The highest BCUT2D eigenvalue weighted by Crippen LogP contribution is 2.28. The number of ketones is 1. The number of primary amides is 1. The SMILES string of the molecule is NC(=O)C(=O)C(Cc1csc2occc12)NC(=O)c1ccnn1-c1ccccn1. The molecule has 3 N–H and O–H groups in total. The van der Waals surface area contributed by atoms with Crippen molar-refractivity contribution in [2.24, 2.45) is 5.73 Å². The van der Waals surface area contributed by atoms with E-state index in [2.05, 4.69) is 15.4 Å². The van der Waals surface area contributed by atoms with Gasteiger partial charge in [0, 0.05) is 18.0 Å². The van der Waals surface area contributed by atoms with Gasteiger partial charge in [-0.3, -0.25) is 14.4 Å². The molecule has 4 rings (SSSR count). The molecular weight excluding hydrogens is 394 g/mol. The topological polar surface area (TPSA) is 133 Å². The third-order valence-corrected chi connectivity index (χ3v) is 5.25. The summed E-state index contributed by atoms with van der Waals surface area (Å²) in [6.45, 7) is 0. The number of furan rings is 1. The first kappa shape index (κ1) is 18.6. The van der Waals surface area contributed by atoms with Gasteiger partial charge in [-0.2, -0.15) is 5.10 Å². The summed E-state index contributed by atoms with van der Waals surface area (Å²) in [6.07, 6.45) is 4.66. The fourth-order valence-electron chi connectivity index (χ4n) is 2.94. The highest BCUT2D eigenvalue weighted by molar-refractivity contribution is 7.16. The lowest BCUT2D eigenvalue weighted by atomic mass is 10.0. The molecule has 0 bridgehead atoms. The van der Waals surface area contributed by atoms with Gasteiger partial charge in [-0.05, 0) is 35.2 Å². The predicted molar refractivity (Wildman–Crippen MR) is 105 cm³/mol. The summed E-state index contributed by atoms with van der Waals surface area (Å²) in [6, 6.07) is 7.33. The van der Waals surface area contributed by atoms with Gasteiger partial charge in [0.25, 0.3) is 11.8 Å². The van der Waals surface area contributed by atoms with Crippen LogP contribution in [0.3, 0.4) is 0 Å². The molecule has 0 saturated heterocycles. The third-order valence-electron chi connectivity index (χ3n) is 4.31. The third kappa shape index (κ3) is 3.65. The number of fused-ring (bicyclic) bond motifs is 1. The first-order valence-corrected chi connectivity index (χ1v) is 9.46. The Balaban J connectivity index is 1.61. The van der Waals surface area contributed by atoms with Crippen LogP contribution in [0.4, 0.5) is 0 Å². The molecule has 9 nitrogen and oxygen atoms in total. The molecule has 10 heteroatoms. The van der Waals surface area contributed by atoms with Gasteiger partial charge in [0.2, 0.25) is 5.78 Å². The van der Waals surface area contributed by atoms with E-state index in [-0.39, 0.29) is 12.1 Å². The van der Waals surface area contributed by atoms with Crippen LogP contribution in [0, 0.1) is 0 Å². The Morgan fingerprint density at radius 3 is 2.83 bits per heavy atom. The Labute approximate surface area is 168 Å². The van der Waals surface area contributed by atoms with Crippen LogP contribution in [-0.4, -0.2) is 38.4 Å². The second-order valence-electron chi connectivity index (χ2n) is 6.16. The van der Waals surface area contributed by atoms with Crippen LogP contribution in [0.1, 0.15) is 16.1 Å². The van der Waals surface area contributed by atoms with E-state index in [0.29, 0.717) is 10.7 Å². The normalized spacial score (nSPS) is 12.0. The number of hydrogen-bond donors (Lipinski definition) is 2. The number of carbonyl (C=O) groups excluding carboxylic acids is 3. The fraction of sp³-hybridized carbons (Fsp3) is 0.105. The molecule has 29 heavy (non-hydrogen) atoms. The van der Waals surface area contributed by atoms with Crippen LogP contribution < -0.4 is 11.1 Å². The van der Waals surface area contributed by atoms with Crippen molar-refractivity contribution >= 4 is 39.2 Å². The molecule has 0 aromatic carbocycles. The summed E-state index contributed by atoms with van der Waals surface area (Å²) in [4.78, 5) is 41.6. The standard InChI is InChI=1S/C19H15N5O4S/c20-17(26)16(25)13(9-11-10-29-19-12(11)5-8-28-19)23-18(27)14-4-7-22-24(14)15-3-1-2-6-21-15/h1-8,10,13H,9H2,(H2,20,26)(H,23,27). The smallest absolute Gasteiger partial charge is 0.287 e. The number of carbonyl (C=O) groups is 3. The highest BCUT2D eigenvalue weighted by atomic mass is 32.1. The number of nitrogens with one attached hydrogen (secondary N) is 1. The number of amides is 2. The minimum atomic E-state index is -1.13. The molecule has 1 unspecified atom stereocenters. The van der Waals surface area contributed by atoms with E-state index in [9.17, 15) is 14.4 Å². The monoisotopic (exact) mass is 409 g/mol. The lowest BCUT2D eigenvalue weighted by molar-refractivity contribution is -0.137. The second kappa shape index (κ2) is 7.68. The average Bonchev–Trinajstić information content (AvgIpc) is 3.45. The molecule has 4 aromatic heterocycles. The van der Waals surface area contributed by atoms with Crippen molar-refractivity contribution in [3.8, 4) is 5.82 Å². The van der Waals surface area contributed by atoms with E-state index in [0.717, 1.165) is 10.9 Å². The molecule has 0 aliphatic carbocycles. The largest absolute Gasteiger partial charge is 0.454 e. The van der Waals surface area contributed by atoms with E-state index in [1.54, 1.807) is 36.7 Å². The molecule has 0 aliphatic heterocycles. The first-order chi connectivity index (χ1) is 14.0. The number of thiophene rings is 1. The summed E-state index contributed by atoms with van der Waals surface area (Å²) in [7, 11) is 0. The zero-order chi connectivity index (χ0) is 20.4. The summed E-state index contributed by atoms with van der Waals surface area (Å²) < 4.78 is 6.68. The van der Waals surface area contributed by atoms with E-state index < -0.39 is 23.6 Å². The van der Waals surface area contributed by atoms with Crippen LogP contribution in [0.15, 0.2) is 58.8 Å². The number of Topliss-reactive ketones (excluding diaryl/α,β-unsaturated/α-hetero) is 1. The first-order valence-electron chi connectivity index (χ1n) is 8.58. The van der Waals surface area contributed by atoms with Crippen molar-refractivity contribution < 1.29 is 18.8 Å². The summed E-state index contributed by atoms with van der Waals surface area (Å²) in [5.74, 6) is -2.14. The quantitative estimate of drug-likeness (QED) is 0.444. The van der Waals surface area contributed by atoms with Crippen LogP contribution in [0.25, 0.3) is 16.1 Å². The van der Waals surface area contributed by atoms with Gasteiger partial charge in [-0.25, -0.2) is 9.67 Å². The predicted octanol–water partition coefficient (Wildman–Crippen LogP) is 1.47. The Morgan fingerprint density at radius 1 is 1.21 bits per heavy atom. The molecular formula is C19H15N5O4S. The second-order valence-corrected chi connectivity index (χ2v) is 7.00. The number of aromatic nitrogens is 3. The molecule has 4 heterocycles. The van der Waals surface area contributed by atoms with E-state index in [1.165, 1.54) is 28.3 Å². The Bertz CT molecular complexity index is 1190. The van der Waals surface area contributed by atoms with Gasteiger partial charge in [0.05, 0.1) is 12.5 Å². The van der Waals surface area contributed by atoms with Crippen molar-refractivity contribution in [1.29, 1.82) is 0 Å². The Kier molecular flexibility index (Phi) is 4.92. The minimum absolute atomic E-state index is 0.102. The molecule has 0 fully saturated rings. The average molecular weight is 409 g/mol. The van der Waals surface area contributed by atoms with E-state index in [1.807, 2.05) is 5.38 Å². The number of rotatable bonds is 7. The van der Waals surface area contributed by atoms with Gasteiger partial charge >= 0.3 is 0 Å². The van der Waals surface area contributed by atoms with Gasteiger partial charge in [-0.1, -0.05) is 6.07 Å². The van der Waals surface area contributed by atoms with E-state index in [4.69, 9.17) is 10.2 Å². The fourth-order valence-corrected chi connectivity index (χ4v) is 3.85. The number of nitrogens with two attached hydrogens (primary N) is 1. The summed E-state index contributed by atoms with van der Waals surface area (Å²) >= 11 is 1.37. The van der Waals surface area contributed by atoms with Gasteiger partial charge in [0.1, 0.15) is 11.7 Å². The molecule has 0 aliphatic rings. The van der Waals surface area contributed by atoms with Crippen LogP contribution >= 0.6 is 11.3 Å². The van der Waals surface area contributed by atoms with Crippen molar-refractivity contribution in [3.05, 3.63) is 65.6 Å². The number of hydrogen-bond acceptors (Lipinski definition) is 7. The minimum Gasteiger partial charge on any atom is -0.454 e. The van der Waals surface area contributed by atoms with Crippen LogP contribution in [-0.2, 0) is 16.0 Å². The van der Waals surface area contributed by atoms with Crippen molar-refractivity contribution in [2.75, 3.05) is 0 Å². The van der Waals surface area contributed by atoms with E-state index >= 15 is 0 Å². The maximum atomic E-state index is 12.9. The van der Waals surface area contributed by atoms with Crippen LogP contribution in [0.2, 0.25) is 0 Å². The van der Waals surface area contributed by atoms with Crippen molar-refractivity contribution in [1.82, 2.24) is 20.1 Å². The maximum absolute atomic E-state index is 12.9. The molecule has 0 saturated carbocycles. The zero-order valence-electron chi connectivity index (χ0n) is 14.9. The van der Waals surface area contributed by atoms with Crippen molar-refractivity contribution in [3.63, 3.8) is 0 Å². The number of pyridine rings is 1. The molecule has 4 aromatic rings. The molecule has 0 radical (unpaired) electrons. The lowest BCUT2D eigenvalue weighted by Gasteiger charge is -2.16. The van der Waals surface area contributed by atoms with Gasteiger partial charge in [0.15, 0.2) is 10.7 Å². The molecule has 146 valence electrons. The Hall–Kier alpha value is -3.79. The lowest BCUT2D eigenvalue weighted by Crippen LogP contribution is -2.47. The Morgan fingerprint density at radius 2 is 2.07 bits per heavy atom. The van der Waals surface area contributed by atoms with Crippen molar-refractivity contribution in [2.45, 2.75) is 12.5 Å². The maximum Gasteiger partial charge on any atom is 0.287 e. The zero-order valence-corrected chi connectivity index (χ0v) is 15.8. The number of nitrogens with zero attached hydrogens (tertiary/aromatic N) is 3. The molecule has 1 atom stereocenters. The van der Waals surface area contributed by atoms with Crippen LogP contribution in [0.5, 0.6) is 0 Å². The van der Waals surface area contributed by atoms with Gasteiger partial charge in [-0.15, -0.1) is 11.3 Å².